The Hall–Kier alpha value is -3.20. The fraction of sp³-hybridized carbons (Fsp3) is 0.125. The monoisotopic (exact) mass is 354 g/mol. The molecule has 2 heterocycles. The number of pyridine rings is 1. The molecule has 0 saturated carbocycles. The molecule has 1 aromatic heterocycles. The molecule has 0 aliphatic carbocycles. The summed E-state index contributed by atoms with van der Waals surface area (Å²) >= 11 is 0. The second-order valence-electron chi connectivity index (χ2n) is 6.94. The van der Waals surface area contributed by atoms with Gasteiger partial charge in [-0.2, -0.15) is 0 Å². The molecule has 0 N–H and O–H groups in total. The maximum atomic E-state index is 13.5. The van der Waals surface area contributed by atoms with Gasteiger partial charge in [-0.25, -0.2) is 9.37 Å². The molecule has 5 rings (SSSR count). The van der Waals surface area contributed by atoms with Gasteiger partial charge in [0.2, 0.25) is 0 Å². The van der Waals surface area contributed by atoms with Gasteiger partial charge in [-0.3, -0.25) is 0 Å². The van der Waals surface area contributed by atoms with E-state index in [1.807, 2.05) is 30.3 Å². The van der Waals surface area contributed by atoms with Crippen LogP contribution in [0.15, 0.2) is 78.9 Å². The standard InChI is InChI=1S/C24H19FN2/c25-20-13-11-18(12-14-20)24-23(16-19-7-1-3-9-21(19)26-24)27-15-5-8-17-6-2-4-10-22(17)27/h1-4,6-7,9-14,16H,5,8,15H2. The number of halogens is 1. The van der Waals surface area contributed by atoms with Crippen LogP contribution < -0.4 is 4.90 Å². The number of anilines is 2. The molecule has 0 atom stereocenters. The van der Waals surface area contributed by atoms with Crippen molar-refractivity contribution in [2.45, 2.75) is 12.8 Å². The summed E-state index contributed by atoms with van der Waals surface area (Å²) in [7, 11) is 0. The van der Waals surface area contributed by atoms with Gasteiger partial charge in [-0.15, -0.1) is 0 Å². The van der Waals surface area contributed by atoms with Gasteiger partial charge in [-0.05, 0) is 60.9 Å². The lowest BCUT2D eigenvalue weighted by atomic mass is 9.99. The molecule has 0 spiro atoms. The van der Waals surface area contributed by atoms with E-state index in [2.05, 4.69) is 41.3 Å². The van der Waals surface area contributed by atoms with Gasteiger partial charge in [0.1, 0.15) is 5.82 Å². The number of nitrogens with zero attached hydrogens (tertiary/aromatic N) is 2. The van der Waals surface area contributed by atoms with Gasteiger partial charge in [0.15, 0.2) is 0 Å². The highest BCUT2D eigenvalue weighted by Gasteiger charge is 2.22. The van der Waals surface area contributed by atoms with Gasteiger partial charge in [0, 0.05) is 23.2 Å². The van der Waals surface area contributed by atoms with Crippen LogP contribution in [0.1, 0.15) is 12.0 Å². The molecular weight excluding hydrogens is 335 g/mol. The van der Waals surface area contributed by atoms with Crippen LogP contribution in [-0.4, -0.2) is 11.5 Å². The van der Waals surface area contributed by atoms with E-state index < -0.39 is 0 Å². The Balaban J connectivity index is 1.76. The Bertz CT molecular complexity index is 1120. The van der Waals surface area contributed by atoms with Crippen molar-refractivity contribution in [3.8, 4) is 11.3 Å². The molecule has 0 saturated heterocycles. The fourth-order valence-electron chi connectivity index (χ4n) is 3.91. The molecule has 2 nitrogen and oxygen atoms in total. The minimum Gasteiger partial charge on any atom is -0.339 e. The highest BCUT2D eigenvalue weighted by molar-refractivity contribution is 5.91. The zero-order chi connectivity index (χ0) is 18.2. The van der Waals surface area contributed by atoms with Crippen molar-refractivity contribution in [1.82, 2.24) is 4.98 Å². The van der Waals surface area contributed by atoms with Crippen LogP contribution in [0.3, 0.4) is 0 Å². The fourth-order valence-corrected chi connectivity index (χ4v) is 3.91. The number of para-hydroxylation sites is 2. The van der Waals surface area contributed by atoms with Gasteiger partial charge >= 0.3 is 0 Å². The summed E-state index contributed by atoms with van der Waals surface area (Å²) in [6, 6.07) is 25.6. The lowest BCUT2D eigenvalue weighted by Gasteiger charge is -2.32. The normalized spacial score (nSPS) is 13.6. The first kappa shape index (κ1) is 16.0. The number of aromatic nitrogens is 1. The summed E-state index contributed by atoms with van der Waals surface area (Å²) < 4.78 is 13.5. The predicted molar refractivity (Wildman–Crippen MR) is 109 cm³/mol. The summed E-state index contributed by atoms with van der Waals surface area (Å²) in [4.78, 5) is 7.32. The zero-order valence-electron chi connectivity index (χ0n) is 14.9. The van der Waals surface area contributed by atoms with Gasteiger partial charge in [-0.1, -0.05) is 36.4 Å². The number of hydrogen-bond acceptors (Lipinski definition) is 2. The molecule has 0 fully saturated rings. The summed E-state index contributed by atoms with van der Waals surface area (Å²) in [6.07, 6.45) is 2.20. The molecule has 0 bridgehead atoms. The Morgan fingerprint density at radius 3 is 2.48 bits per heavy atom. The Morgan fingerprint density at radius 1 is 0.815 bits per heavy atom. The molecule has 1 aliphatic rings. The number of fused-ring (bicyclic) bond motifs is 2. The quantitative estimate of drug-likeness (QED) is 0.431. The highest BCUT2D eigenvalue weighted by atomic mass is 19.1. The third kappa shape index (κ3) is 2.85. The predicted octanol–water partition coefficient (Wildman–Crippen LogP) is 6.13. The minimum atomic E-state index is -0.232. The van der Waals surface area contributed by atoms with Crippen LogP contribution in [0.25, 0.3) is 22.2 Å². The van der Waals surface area contributed by atoms with Crippen molar-refractivity contribution in [2.75, 3.05) is 11.4 Å². The van der Waals surface area contributed by atoms with E-state index in [1.165, 1.54) is 23.4 Å². The molecular formula is C24H19FN2. The largest absolute Gasteiger partial charge is 0.339 e. The van der Waals surface area contributed by atoms with Crippen LogP contribution in [-0.2, 0) is 6.42 Å². The van der Waals surface area contributed by atoms with E-state index in [-0.39, 0.29) is 5.82 Å². The average molecular weight is 354 g/mol. The third-order valence-electron chi connectivity index (χ3n) is 5.22. The summed E-state index contributed by atoms with van der Waals surface area (Å²) in [5, 5.41) is 1.11. The molecule has 27 heavy (non-hydrogen) atoms. The van der Waals surface area contributed by atoms with Crippen LogP contribution in [0.5, 0.6) is 0 Å². The summed E-state index contributed by atoms with van der Waals surface area (Å²) in [5.74, 6) is -0.232. The smallest absolute Gasteiger partial charge is 0.123 e. The first-order chi connectivity index (χ1) is 13.3. The Kier molecular flexibility index (Phi) is 3.86. The molecule has 132 valence electrons. The second-order valence-corrected chi connectivity index (χ2v) is 6.94. The molecule has 0 unspecified atom stereocenters. The first-order valence-electron chi connectivity index (χ1n) is 9.31. The van der Waals surface area contributed by atoms with E-state index in [0.29, 0.717) is 0 Å². The third-order valence-corrected chi connectivity index (χ3v) is 5.22. The number of hydrogen-bond donors (Lipinski definition) is 0. The van der Waals surface area contributed by atoms with Crippen LogP contribution >= 0.6 is 0 Å². The van der Waals surface area contributed by atoms with Crippen LogP contribution in [0.4, 0.5) is 15.8 Å². The molecule has 1 aliphatic heterocycles. The van der Waals surface area contributed by atoms with E-state index in [9.17, 15) is 4.39 Å². The Morgan fingerprint density at radius 2 is 1.59 bits per heavy atom. The maximum Gasteiger partial charge on any atom is 0.123 e. The minimum absolute atomic E-state index is 0.232. The first-order valence-corrected chi connectivity index (χ1v) is 9.31. The van der Waals surface area contributed by atoms with Gasteiger partial charge in [0.05, 0.1) is 16.9 Å². The number of rotatable bonds is 2. The molecule has 3 heteroatoms. The SMILES string of the molecule is Fc1ccc(-c2nc3ccccc3cc2N2CCCc3ccccc32)cc1. The van der Waals surface area contributed by atoms with Crippen LogP contribution in [0.2, 0.25) is 0 Å². The summed E-state index contributed by atoms with van der Waals surface area (Å²) in [6.45, 7) is 0.950. The van der Waals surface area contributed by atoms with Crippen molar-refractivity contribution >= 4 is 22.3 Å². The van der Waals surface area contributed by atoms with Crippen molar-refractivity contribution < 1.29 is 4.39 Å². The molecule has 3 aromatic carbocycles. The van der Waals surface area contributed by atoms with Crippen molar-refractivity contribution in [3.63, 3.8) is 0 Å². The highest BCUT2D eigenvalue weighted by Crippen LogP contribution is 2.39. The van der Waals surface area contributed by atoms with E-state index in [0.717, 1.165) is 47.2 Å². The topological polar surface area (TPSA) is 16.1 Å². The molecule has 0 radical (unpaired) electrons. The van der Waals surface area contributed by atoms with Gasteiger partial charge in [0.25, 0.3) is 0 Å². The second kappa shape index (κ2) is 6.51. The van der Waals surface area contributed by atoms with Crippen molar-refractivity contribution in [3.05, 3.63) is 90.2 Å². The van der Waals surface area contributed by atoms with E-state index in [4.69, 9.17) is 4.98 Å². The van der Waals surface area contributed by atoms with Crippen LogP contribution in [0, 0.1) is 5.82 Å². The Labute approximate surface area is 157 Å². The lowest BCUT2D eigenvalue weighted by Crippen LogP contribution is -2.25. The average Bonchev–Trinajstić information content (AvgIpc) is 2.73. The zero-order valence-corrected chi connectivity index (χ0v) is 14.9. The lowest BCUT2D eigenvalue weighted by molar-refractivity contribution is 0.628. The maximum absolute atomic E-state index is 13.5. The molecule has 4 aromatic rings. The summed E-state index contributed by atoms with van der Waals surface area (Å²) in [5.41, 5.74) is 6.45. The molecule has 0 amide bonds. The van der Waals surface area contributed by atoms with E-state index >= 15 is 0 Å². The van der Waals surface area contributed by atoms with Crippen molar-refractivity contribution in [1.29, 1.82) is 0 Å². The van der Waals surface area contributed by atoms with E-state index in [1.54, 1.807) is 0 Å². The van der Waals surface area contributed by atoms with Crippen molar-refractivity contribution in [2.24, 2.45) is 0 Å². The van der Waals surface area contributed by atoms with Gasteiger partial charge < -0.3 is 4.90 Å². The number of aryl methyl sites for hydroxylation is 1. The number of benzene rings is 3.